The Morgan fingerprint density at radius 3 is 2.15 bits per heavy atom. The summed E-state index contributed by atoms with van der Waals surface area (Å²) in [6.07, 6.45) is 0. The maximum absolute atomic E-state index is 12.6. The topological polar surface area (TPSA) is 72.9 Å². The van der Waals surface area contributed by atoms with Crippen LogP contribution >= 0.6 is 11.6 Å². The second kappa shape index (κ2) is 6.51. The van der Waals surface area contributed by atoms with Gasteiger partial charge in [-0.1, -0.05) is 17.7 Å². The Morgan fingerprint density at radius 1 is 1.12 bits per heavy atom. The average Bonchev–Trinajstić information content (AvgIpc) is 2.74. The van der Waals surface area contributed by atoms with E-state index in [0.29, 0.717) is 16.0 Å². The van der Waals surface area contributed by atoms with Gasteiger partial charge in [-0.25, -0.2) is 8.42 Å². The van der Waals surface area contributed by atoms with Crippen LogP contribution in [0.15, 0.2) is 18.2 Å². The van der Waals surface area contributed by atoms with Gasteiger partial charge < -0.3 is 14.2 Å². The van der Waals surface area contributed by atoms with Crippen molar-refractivity contribution in [2.75, 3.05) is 24.6 Å². The van der Waals surface area contributed by atoms with Gasteiger partial charge in [-0.2, -0.15) is 0 Å². The Kier molecular flexibility index (Phi) is 4.93. The number of sulfone groups is 1. The molecule has 1 amide bonds. The van der Waals surface area contributed by atoms with Crippen molar-refractivity contribution in [3.05, 3.63) is 28.8 Å². The predicted octanol–water partition coefficient (Wildman–Crippen LogP) is 1.51. The predicted molar refractivity (Wildman–Crippen MR) is 102 cm³/mol. The van der Waals surface area contributed by atoms with Gasteiger partial charge in [0.25, 0.3) is 5.91 Å². The molecule has 0 bridgehead atoms. The number of hydrogen-bond acceptors (Lipinski definition) is 5. The first-order valence-electron chi connectivity index (χ1n) is 8.57. The van der Waals surface area contributed by atoms with Crippen molar-refractivity contribution in [3.8, 4) is 0 Å². The van der Waals surface area contributed by atoms with Crippen LogP contribution in [0, 0.1) is 0 Å². The van der Waals surface area contributed by atoms with Crippen LogP contribution in [0.1, 0.15) is 38.1 Å². The number of rotatable bonds is 2. The van der Waals surface area contributed by atoms with Crippen molar-refractivity contribution in [1.29, 1.82) is 0 Å². The fraction of sp³-hybridized carbons (Fsp3) is 0.588. The highest BCUT2D eigenvalue weighted by molar-refractivity contribution is 7.91. The molecule has 1 aromatic rings. The monoisotopic (exact) mass is 399 g/mol. The summed E-state index contributed by atoms with van der Waals surface area (Å²) >= 11 is 6.40. The third kappa shape index (κ3) is 3.65. The van der Waals surface area contributed by atoms with Crippen LogP contribution in [0.4, 0.5) is 0 Å². The van der Waals surface area contributed by atoms with E-state index >= 15 is 0 Å². The highest BCUT2D eigenvalue weighted by Gasteiger charge is 2.52. The van der Waals surface area contributed by atoms with Crippen molar-refractivity contribution in [2.45, 2.75) is 38.9 Å². The number of carbonyl (C=O) groups excluding carboxylic acids is 1. The Labute approximate surface area is 159 Å². The van der Waals surface area contributed by atoms with Gasteiger partial charge in [-0.05, 0) is 39.8 Å². The van der Waals surface area contributed by atoms with Crippen LogP contribution in [-0.4, -0.2) is 62.1 Å². The minimum Gasteiger partial charge on any atom is -0.399 e. The first-order valence-corrected chi connectivity index (χ1v) is 10.8. The van der Waals surface area contributed by atoms with Crippen LogP contribution in [0.25, 0.3) is 0 Å². The van der Waals surface area contributed by atoms with Gasteiger partial charge in [-0.3, -0.25) is 4.79 Å². The van der Waals surface area contributed by atoms with Crippen LogP contribution in [0.5, 0.6) is 0 Å². The number of carbonyl (C=O) groups is 1. The molecule has 0 unspecified atom stereocenters. The van der Waals surface area contributed by atoms with E-state index in [1.54, 1.807) is 23.1 Å². The zero-order valence-corrected chi connectivity index (χ0v) is 17.0. The maximum Gasteiger partial charge on any atom is 0.496 e. The molecule has 3 rings (SSSR count). The molecular formula is C17H23BClNO5S. The molecule has 0 atom stereocenters. The number of halogens is 1. The summed E-state index contributed by atoms with van der Waals surface area (Å²) in [6, 6.07) is 5.00. The highest BCUT2D eigenvalue weighted by atomic mass is 35.5. The number of nitrogens with zero attached hydrogens (tertiary/aromatic N) is 1. The molecule has 0 aliphatic carbocycles. The Hall–Kier alpha value is -1.09. The standard InChI is InChI=1S/C17H23BClNO5S/c1-16(2)17(3,4)25-18(24-16)13-6-5-12(11-14(13)19)15(21)20-7-9-26(22,23)10-8-20/h5-6,11H,7-10H2,1-4H3. The Bertz CT molecular complexity index is 810. The molecule has 2 heterocycles. The zero-order chi connectivity index (χ0) is 19.3. The summed E-state index contributed by atoms with van der Waals surface area (Å²) in [5.74, 6) is -0.223. The van der Waals surface area contributed by atoms with Gasteiger partial charge in [0.1, 0.15) is 0 Å². The smallest absolute Gasteiger partial charge is 0.399 e. The third-order valence-electron chi connectivity index (χ3n) is 5.39. The quantitative estimate of drug-likeness (QED) is 0.705. The van der Waals surface area contributed by atoms with Gasteiger partial charge in [0.2, 0.25) is 0 Å². The molecule has 142 valence electrons. The molecule has 0 saturated carbocycles. The third-order valence-corrected chi connectivity index (χ3v) is 7.32. The molecule has 26 heavy (non-hydrogen) atoms. The normalized spacial score (nSPS) is 23.9. The summed E-state index contributed by atoms with van der Waals surface area (Å²) < 4.78 is 35.0. The summed E-state index contributed by atoms with van der Waals surface area (Å²) in [5, 5.41) is 0.388. The summed E-state index contributed by atoms with van der Waals surface area (Å²) in [7, 11) is -3.63. The van der Waals surface area contributed by atoms with Gasteiger partial charge in [0.05, 0.1) is 22.7 Å². The molecule has 0 spiro atoms. The molecule has 2 aliphatic heterocycles. The summed E-state index contributed by atoms with van der Waals surface area (Å²) in [5.41, 5.74) is 0.140. The molecule has 2 fully saturated rings. The van der Waals surface area contributed by atoms with E-state index in [1.165, 1.54) is 0 Å². The van der Waals surface area contributed by atoms with Gasteiger partial charge in [0.15, 0.2) is 9.84 Å². The maximum atomic E-state index is 12.6. The lowest BCUT2D eigenvalue weighted by Gasteiger charge is -2.32. The molecule has 0 radical (unpaired) electrons. The Morgan fingerprint density at radius 2 is 1.65 bits per heavy atom. The average molecular weight is 400 g/mol. The number of benzene rings is 1. The van der Waals surface area contributed by atoms with Crippen LogP contribution in [0.2, 0.25) is 5.02 Å². The second-order valence-corrected chi connectivity index (χ2v) is 10.5. The fourth-order valence-corrected chi connectivity index (χ4v) is 4.39. The SMILES string of the molecule is CC1(C)OB(c2ccc(C(=O)N3CCS(=O)(=O)CC3)cc2Cl)OC1(C)C. The van der Waals surface area contributed by atoms with Crippen molar-refractivity contribution < 1.29 is 22.5 Å². The molecule has 2 aliphatic rings. The molecular weight excluding hydrogens is 377 g/mol. The summed E-state index contributed by atoms with van der Waals surface area (Å²) in [6.45, 7) is 8.26. The molecule has 0 N–H and O–H groups in total. The lowest BCUT2D eigenvalue weighted by Crippen LogP contribution is -2.44. The van der Waals surface area contributed by atoms with Crippen molar-refractivity contribution >= 4 is 39.9 Å². The molecule has 0 aromatic heterocycles. The van der Waals surface area contributed by atoms with Crippen molar-refractivity contribution in [1.82, 2.24) is 4.90 Å². The molecule has 9 heteroatoms. The van der Waals surface area contributed by atoms with E-state index < -0.39 is 28.2 Å². The van der Waals surface area contributed by atoms with Gasteiger partial charge in [0, 0.05) is 29.1 Å². The lowest BCUT2D eigenvalue weighted by atomic mass is 9.78. The van der Waals surface area contributed by atoms with Gasteiger partial charge >= 0.3 is 7.12 Å². The van der Waals surface area contributed by atoms with E-state index in [9.17, 15) is 13.2 Å². The minimum atomic E-state index is -3.03. The van der Waals surface area contributed by atoms with Crippen LogP contribution < -0.4 is 5.46 Å². The van der Waals surface area contributed by atoms with Crippen LogP contribution in [-0.2, 0) is 19.1 Å². The van der Waals surface area contributed by atoms with E-state index in [4.69, 9.17) is 20.9 Å². The van der Waals surface area contributed by atoms with Crippen molar-refractivity contribution in [3.63, 3.8) is 0 Å². The molecule has 1 aromatic carbocycles. The zero-order valence-electron chi connectivity index (χ0n) is 15.4. The van der Waals surface area contributed by atoms with E-state index in [0.717, 1.165) is 0 Å². The van der Waals surface area contributed by atoms with Gasteiger partial charge in [-0.15, -0.1) is 0 Å². The fourth-order valence-electron chi connectivity index (χ4n) is 2.92. The van der Waals surface area contributed by atoms with E-state index in [1.807, 2.05) is 27.7 Å². The van der Waals surface area contributed by atoms with Crippen molar-refractivity contribution in [2.24, 2.45) is 0 Å². The second-order valence-electron chi connectivity index (χ2n) is 7.77. The first kappa shape index (κ1) is 19.7. The highest BCUT2D eigenvalue weighted by Crippen LogP contribution is 2.37. The van der Waals surface area contributed by atoms with Crippen LogP contribution in [0.3, 0.4) is 0 Å². The minimum absolute atomic E-state index is 0.00151. The molecule has 6 nitrogen and oxygen atoms in total. The number of amides is 1. The number of hydrogen-bond donors (Lipinski definition) is 0. The largest absolute Gasteiger partial charge is 0.496 e. The lowest BCUT2D eigenvalue weighted by molar-refractivity contribution is 0.00578. The van der Waals surface area contributed by atoms with E-state index in [-0.39, 0.29) is 30.5 Å². The molecule has 2 saturated heterocycles. The van der Waals surface area contributed by atoms with E-state index in [2.05, 4.69) is 0 Å². The summed E-state index contributed by atoms with van der Waals surface area (Å²) in [4.78, 5) is 14.2. The first-order chi connectivity index (χ1) is 11.9. The Balaban J connectivity index is 1.77.